The van der Waals surface area contributed by atoms with E-state index in [-0.39, 0.29) is 30.4 Å². The normalized spacial score (nSPS) is 19.5. The van der Waals surface area contributed by atoms with Gasteiger partial charge >= 0.3 is 23.8 Å². The van der Waals surface area contributed by atoms with Gasteiger partial charge in [-0.2, -0.15) is 0 Å². The number of amides is 4. The summed E-state index contributed by atoms with van der Waals surface area (Å²) >= 11 is 0. The van der Waals surface area contributed by atoms with Gasteiger partial charge in [0.25, 0.3) is 5.91 Å². The molecule has 1 aromatic heterocycles. The molecule has 3 fully saturated rings. The number of aromatic nitrogens is 1. The number of piperazine rings is 1. The summed E-state index contributed by atoms with van der Waals surface area (Å²) < 4.78 is 16.8. The highest BCUT2D eigenvalue weighted by Crippen LogP contribution is 2.27. The number of nitrogens with zero attached hydrogens (tertiary/aromatic N) is 6. The van der Waals surface area contributed by atoms with Crippen molar-refractivity contribution < 1.29 is 33.1 Å². The highest BCUT2D eigenvalue weighted by atomic mass is 16.6. The average Bonchev–Trinajstić information content (AvgIpc) is 3.52. The number of carbonyl (C=O) groups excluding carboxylic acids is 4. The van der Waals surface area contributed by atoms with Gasteiger partial charge < -0.3 is 43.7 Å². The van der Waals surface area contributed by atoms with Crippen molar-refractivity contribution in [1.82, 2.24) is 34.4 Å². The van der Waals surface area contributed by atoms with E-state index >= 15 is 0 Å². The number of hydrogen-bond donors (Lipinski definition) is 2. The summed E-state index contributed by atoms with van der Waals surface area (Å²) in [6, 6.07) is 11.7. The second-order valence-electron chi connectivity index (χ2n) is 16.3. The highest BCUT2D eigenvalue weighted by molar-refractivity contribution is 5.91. The molecule has 7 rings (SSSR count). The van der Waals surface area contributed by atoms with Crippen LogP contribution in [0.2, 0.25) is 0 Å². The number of rotatable bonds is 12. The largest absolute Gasteiger partial charge is 0.464 e. The molecule has 2 aromatic carbocycles. The number of anilines is 1. The van der Waals surface area contributed by atoms with Gasteiger partial charge in [0.15, 0.2) is 11.7 Å². The number of likely N-dealkylation sites (N-methyl/N-ethyl adjacent to an activating group) is 1. The number of urea groups is 1. The van der Waals surface area contributed by atoms with Gasteiger partial charge in [-0.1, -0.05) is 24.3 Å². The standard InChI is InChI=1S/C42H58N8O8/c1-29-26-30(27-35-38(29)44-41(54)57-35)28-36(58-42(55)49-17-11-33(12-18-49)50-19-8-31-6-4-5-7-34(31)43-40(50)53)39(52)48-15-9-32(10-16-48)47-22-20-46(21-23-47)14-13-37(51)56-25-24-45(2)3/h4-7,26-27,32-33,36H,8-25,28H2,1-3H3,(H,43,53)(H,44,54)/t36-/m1/s1. The zero-order valence-electron chi connectivity index (χ0n) is 34.1. The molecule has 16 heteroatoms. The van der Waals surface area contributed by atoms with E-state index in [1.54, 1.807) is 11.0 Å². The SMILES string of the molecule is Cc1cc(C[C@@H](OC(=O)N2CCC(N3CCc4ccccc4NC3=O)CC2)C(=O)N2CCC(N3CCN(CCC(=O)OCCN(C)C)CC3)CC2)cc2oc(=O)[nH]c12. The quantitative estimate of drug-likeness (QED) is 0.259. The highest BCUT2D eigenvalue weighted by Gasteiger charge is 2.37. The molecule has 58 heavy (non-hydrogen) atoms. The number of hydrogen-bond acceptors (Lipinski definition) is 11. The zero-order valence-corrected chi connectivity index (χ0v) is 34.1. The lowest BCUT2D eigenvalue weighted by Gasteiger charge is -2.43. The van der Waals surface area contributed by atoms with Gasteiger partial charge in [-0.3, -0.25) is 19.5 Å². The molecule has 314 valence electrons. The summed E-state index contributed by atoms with van der Waals surface area (Å²) in [6.45, 7) is 9.73. The Balaban J connectivity index is 0.933. The molecule has 1 atom stereocenters. The van der Waals surface area contributed by atoms with Crippen LogP contribution < -0.4 is 11.1 Å². The van der Waals surface area contributed by atoms with Gasteiger partial charge in [0.2, 0.25) is 0 Å². The van der Waals surface area contributed by atoms with Crippen molar-refractivity contribution in [2.45, 2.75) is 70.1 Å². The Hall–Kier alpha value is -4.93. The minimum atomic E-state index is -1.07. The van der Waals surface area contributed by atoms with Gasteiger partial charge in [0, 0.05) is 96.2 Å². The number of likely N-dealkylation sites (tertiary alicyclic amines) is 2. The molecule has 4 aliphatic rings. The van der Waals surface area contributed by atoms with Gasteiger partial charge in [-0.25, -0.2) is 14.4 Å². The summed E-state index contributed by atoms with van der Waals surface area (Å²) in [5, 5.41) is 3.05. The van der Waals surface area contributed by atoms with E-state index in [0.717, 1.165) is 67.8 Å². The third-order valence-electron chi connectivity index (χ3n) is 12.2. The number of benzene rings is 2. The third-order valence-corrected chi connectivity index (χ3v) is 12.2. The van der Waals surface area contributed by atoms with Crippen molar-refractivity contribution in [3.63, 3.8) is 0 Å². The van der Waals surface area contributed by atoms with Crippen LogP contribution in [0.5, 0.6) is 0 Å². The molecular weight excluding hydrogens is 745 g/mol. The van der Waals surface area contributed by atoms with Crippen molar-refractivity contribution in [1.29, 1.82) is 0 Å². The number of piperidine rings is 2. The van der Waals surface area contributed by atoms with Gasteiger partial charge in [0.05, 0.1) is 11.9 Å². The van der Waals surface area contributed by atoms with Crippen LogP contribution in [0.1, 0.15) is 48.8 Å². The van der Waals surface area contributed by atoms with Crippen LogP contribution in [-0.4, -0.2) is 169 Å². The first-order valence-electron chi connectivity index (χ1n) is 20.8. The molecule has 3 aromatic rings. The number of aryl methyl sites for hydroxylation is 1. The molecule has 2 N–H and O–H groups in total. The first-order chi connectivity index (χ1) is 28.0. The van der Waals surface area contributed by atoms with Gasteiger partial charge in [-0.15, -0.1) is 0 Å². The Morgan fingerprint density at radius 2 is 1.60 bits per heavy atom. The zero-order chi connectivity index (χ0) is 40.8. The predicted molar refractivity (Wildman–Crippen MR) is 218 cm³/mol. The minimum absolute atomic E-state index is 0.0207. The number of carbonyl (C=O) groups is 4. The number of ether oxygens (including phenoxy) is 2. The van der Waals surface area contributed by atoms with Crippen molar-refractivity contribution in [2.75, 3.05) is 98.0 Å². The Kier molecular flexibility index (Phi) is 13.3. The molecule has 4 aliphatic heterocycles. The van der Waals surface area contributed by atoms with Crippen molar-refractivity contribution >= 4 is 40.8 Å². The van der Waals surface area contributed by atoms with E-state index in [1.165, 1.54) is 0 Å². The van der Waals surface area contributed by atoms with Crippen LogP contribution in [0.15, 0.2) is 45.6 Å². The molecule has 0 spiro atoms. The first kappa shape index (κ1) is 41.2. The molecule has 5 heterocycles. The number of esters is 1. The molecule has 0 unspecified atom stereocenters. The van der Waals surface area contributed by atoms with Crippen LogP contribution in [0, 0.1) is 6.92 Å². The Morgan fingerprint density at radius 1 is 0.897 bits per heavy atom. The fourth-order valence-electron chi connectivity index (χ4n) is 8.77. The molecule has 16 nitrogen and oxygen atoms in total. The fraction of sp³-hybridized carbons (Fsp3) is 0.595. The lowest BCUT2D eigenvalue weighted by Crippen LogP contribution is -2.55. The predicted octanol–water partition coefficient (Wildman–Crippen LogP) is 3.14. The lowest BCUT2D eigenvalue weighted by molar-refractivity contribution is -0.144. The van der Waals surface area contributed by atoms with Gasteiger partial charge in [0.1, 0.15) is 6.61 Å². The molecule has 0 radical (unpaired) electrons. The molecule has 0 aliphatic carbocycles. The minimum Gasteiger partial charge on any atom is -0.464 e. The summed E-state index contributed by atoms with van der Waals surface area (Å²) in [4.78, 5) is 80.2. The monoisotopic (exact) mass is 802 g/mol. The summed E-state index contributed by atoms with van der Waals surface area (Å²) in [5.74, 6) is -0.953. The summed E-state index contributed by atoms with van der Waals surface area (Å²) in [5.41, 5.74) is 4.44. The average molecular weight is 803 g/mol. The van der Waals surface area contributed by atoms with Gasteiger partial charge in [-0.05, 0) is 81.9 Å². The van der Waals surface area contributed by atoms with Crippen LogP contribution in [-0.2, 0) is 31.9 Å². The number of oxazole rings is 1. The van der Waals surface area contributed by atoms with E-state index < -0.39 is 18.0 Å². The number of para-hydroxylation sites is 1. The van der Waals surface area contributed by atoms with Crippen molar-refractivity contribution in [3.05, 3.63) is 63.6 Å². The summed E-state index contributed by atoms with van der Waals surface area (Å²) in [6.07, 6.45) is 2.48. The van der Waals surface area contributed by atoms with E-state index in [2.05, 4.69) is 20.1 Å². The van der Waals surface area contributed by atoms with Crippen LogP contribution in [0.3, 0.4) is 0 Å². The lowest BCUT2D eigenvalue weighted by atomic mass is 9.99. The van der Waals surface area contributed by atoms with Crippen LogP contribution >= 0.6 is 0 Å². The number of aromatic amines is 1. The second kappa shape index (κ2) is 18.8. The van der Waals surface area contributed by atoms with E-state index in [9.17, 15) is 24.0 Å². The fourth-order valence-corrected chi connectivity index (χ4v) is 8.77. The number of H-pyrrole nitrogens is 1. The Labute approximate surface area is 339 Å². The van der Waals surface area contributed by atoms with Crippen molar-refractivity contribution in [2.24, 2.45) is 0 Å². The maximum absolute atomic E-state index is 14.3. The molecule has 4 amide bonds. The smallest absolute Gasteiger partial charge is 0.417 e. The maximum atomic E-state index is 14.3. The summed E-state index contributed by atoms with van der Waals surface area (Å²) in [7, 11) is 3.90. The van der Waals surface area contributed by atoms with E-state index in [1.807, 2.05) is 66.1 Å². The molecule has 0 saturated carbocycles. The Morgan fingerprint density at radius 3 is 2.34 bits per heavy atom. The van der Waals surface area contributed by atoms with Crippen molar-refractivity contribution in [3.8, 4) is 0 Å². The first-order valence-corrected chi connectivity index (χ1v) is 20.8. The van der Waals surface area contributed by atoms with Crippen LogP contribution in [0.25, 0.3) is 11.1 Å². The number of nitrogens with one attached hydrogen (secondary N) is 2. The number of fused-ring (bicyclic) bond motifs is 2. The molecular formula is C42H58N8O8. The Bertz CT molecular complexity index is 1970. The van der Waals surface area contributed by atoms with E-state index in [4.69, 9.17) is 13.9 Å². The maximum Gasteiger partial charge on any atom is 0.417 e. The molecule has 3 saturated heterocycles. The third kappa shape index (κ3) is 10.2. The van der Waals surface area contributed by atoms with Crippen LogP contribution in [0.4, 0.5) is 15.3 Å². The molecule has 0 bridgehead atoms. The topological polar surface area (TPSA) is 164 Å². The second-order valence-corrected chi connectivity index (χ2v) is 16.3. The van der Waals surface area contributed by atoms with E-state index in [0.29, 0.717) is 88.8 Å².